The van der Waals surface area contributed by atoms with Gasteiger partial charge in [0.1, 0.15) is 0 Å². The van der Waals surface area contributed by atoms with E-state index >= 15 is 0 Å². The van der Waals surface area contributed by atoms with Crippen molar-refractivity contribution in [2.24, 2.45) is 4.99 Å². The molecule has 178 valence electrons. The fraction of sp³-hybridized carbons (Fsp3) is 0.241. The maximum absolute atomic E-state index is 10.9. The van der Waals surface area contributed by atoms with Crippen LogP contribution in [0.5, 0.6) is 11.5 Å². The zero-order valence-corrected chi connectivity index (χ0v) is 21.2. The van der Waals surface area contributed by atoms with Crippen molar-refractivity contribution in [2.75, 3.05) is 0 Å². The first kappa shape index (κ1) is 27.1. The van der Waals surface area contributed by atoms with Gasteiger partial charge in [0.25, 0.3) is 0 Å². The molecular formula is C29H30N2NiO2. The minimum Gasteiger partial charge on any atom is -0.873 e. The normalized spacial score (nSPS) is 10.9. The first-order chi connectivity index (χ1) is 15.8. The molecule has 0 fully saturated rings. The summed E-state index contributed by atoms with van der Waals surface area (Å²) >= 11 is 0. The average Bonchev–Trinajstić information content (AvgIpc) is 2.79. The smallest absolute Gasteiger partial charge is 0.873 e. The summed E-state index contributed by atoms with van der Waals surface area (Å²) in [7, 11) is 0. The van der Waals surface area contributed by atoms with Gasteiger partial charge in [-0.15, -0.1) is 11.5 Å². The van der Waals surface area contributed by atoms with Crippen LogP contribution in [0, 0.1) is 6.92 Å². The van der Waals surface area contributed by atoms with Crippen molar-refractivity contribution in [1.29, 1.82) is 0 Å². The standard InChI is InChI=1S/C19H24N2.C10H8O2.Ni/c1-13(2)17-10-15(5)11-18(14(3)4)19(17)21-12-16-8-6-7-9-20-16;11-9-5-7-3-1-2-4-8(7)6-10(9)12;/h6-14H,1-5H3;1-6,11-12H;/q;;+2/p-2. The van der Waals surface area contributed by atoms with E-state index in [0.717, 1.165) is 22.2 Å². The minimum absolute atomic E-state index is 0. The predicted octanol–water partition coefficient (Wildman–Crippen LogP) is 6.37. The van der Waals surface area contributed by atoms with Gasteiger partial charge in [-0.05, 0) is 52.8 Å². The molecule has 0 aliphatic carbocycles. The van der Waals surface area contributed by atoms with Gasteiger partial charge in [-0.3, -0.25) is 9.98 Å². The van der Waals surface area contributed by atoms with E-state index in [2.05, 4.69) is 51.7 Å². The molecule has 0 atom stereocenters. The van der Waals surface area contributed by atoms with Gasteiger partial charge in [0.05, 0.1) is 17.6 Å². The molecule has 0 spiro atoms. The Labute approximate surface area is 212 Å². The van der Waals surface area contributed by atoms with Crippen LogP contribution in [0.25, 0.3) is 10.8 Å². The zero-order valence-electron chi connectivity index (χ0n) is 20.2. The Kier molecular flexibility index (Phi) is 9.83. The van der Waals surface area contributed by atoms with Crippen LogP contribution in [-0.2, 0) is 16.5 Å². The Bertz CT molecular complexity index is 1180. The molecule has 3 aromatic carbocycles. The monoisotopic (exact) mass is 496 g/mol. The summed E-state index contributed by atoms with van der Waals surface area (Å²) in [4.78, 5) is 9.08. The predicted molar refractivity (Wildman–Crippen MR) is 134 cm³/mol. The summed E-state index contributed by atoms with van der Waals surface area (Å²) in [6.45, 7) is 11.0. The van der Waals surface area contributed by atoms with E-state index in [1.165, 1.54) is 28.8 Å². The molecule has 0 aliphatic rings. The molecule has 1 heterocycles. The van der Waals surface area contributed by atoms with Gasteiger partial charge in [0.15, 0.2) is 0 Å². The number of pyridine rings is 1. The fourth-order valence-corrected chi connectivity index (χ4v) is 3.65. The minimum atomic E-state index is -0.436. The van der Waals surface area contributed by atoms with Crippen molar-refractivity contribution in [1.82, 2.24) is 4.98 Å². The van der Waals surface area contributed by atoms with E-state index in [0.29, 0.717) is 11.8 Å². The number of nitrogens with zero attached hydrogens (tertiary/aromatic N) is 2. The Morgan fingerprint density at radius 1 is 0.765 bits per heavy atom. The second-order valence-corrected chi connectivity index (χ2v) is 8.76. The van der Waals surface area contributed by atoms with Crippen LogP contribution in [0.1, 0.15) is 61.9 Å². The topological polar surface area (TPSA) is 71.4 Å². The van der Waals surface area contributed by atoms with E-state index in [4.69, 9.17) is 4.99 Å². The number of aromatic nitrogens is 1. The quantitative estimate of drug-likeness (QED) is 0.243. The maximum Gasteiger partial charge on any atom is 2.00 e. The van der Waals surface area contributed by atoms with E-state index in [-0.39, 0.29) is 16.5 Å². The zero-order chi connectivity index (χ0) is 24.0. The number of fused-ring (bicyclic) bond motifs is 1. The second-order valence-electron chi connectivity index (χ2n) is 8.76. The van der Waals surface area contributed by atoms with Gasteiger partial charge in [-0.25, -0.2) is 0 Å². The Balaban J connectivity index is 0.000000266. The molecule has 5 heteroatoms. The van der Waals surface area contributed by atoms with Gasteiger partial charge < -0.3 is 10.2 Å². The van der Waals surface area contributed by atoms with Gasteiger partial charge in [0, 0.05) is 6.20 Å². The van der Waals surface area contributed by atoms with Crippen LogP contribution in [0.15, 0.2) is 77.9 Å². The largest absolute Gasteiger partial charge is 2.00 e. The molecule has 0 aliphatic heterocycles. The van der Waals surface area contributed by atoms with Crippen molar-refractivity contribution in [3.8, 4) is 11.5 Å². The third-order valence-corrected chi connectivity index (χ3v) is 5.38. The molecule has 0 unspecified atom stereocenters. The van der Waals surface area contributed by atoms with Gasteiger partial charge >= 0.3 is 16.5 Å². The molecule has 4 nitrogen and oxygen atoms in total. The van der Waals surface area contributed by atoms with E-state index < -0.39 is 11.5 Å². The van der Waals surface area contributed by atoms with Gasteiger partial charge in [0.2, 0.25) is 0 Å². The number of aliphatic imine (C=N–C) groups is 1. The molecule has 0 bridgehead atoms. The molecule has 0 radical (unpaired) electrons. The fourth-order valence-electron chi connectivity index (χ4n) is 3.65. The second kappa shape index (κ2) is 12.3. The van der Waals surface area contributed by atoms with Gasteiger partial charge in [-0.2, -0.15) is 0 Å². The van der Waals surface area contributed by atoms with Gasteiger partial charge in [-0.1, -0.05) is 87.9 Å². The molecular weight excluding hydrogens is 467 g/mol. The third-order valence-electron chi connectivity index (χ3n) is 5.38. The number of aryl methyl sites for hydroxylation is 1. The third kappa shape index (κ3) is 6.92. The van der Waals surface area contributed by atoms with Crippen LogP contribution < -0.4 is 10.2 Å². The van der Waals surface area contributed by atoms with Crippen molar-refractivity contribution >= 4 is 22.7 Å². The van der Waals surface area contributed by atoms with Crippen LogP contribution in [-0.4, -0.2) is 11.2 Å². The van der Waals surface area contributed by atoms with Crippen molar-refractivity contribution < 1.29 is 26.7 Å². The number of hydrogen-bond donors (Lipinski definition) is 0. The van der Waals surface area contributed by atoms with Crippen LogP contribution in [0.2, 0.25) is 0 Å². The summed E-state index contributed by atoms with van der Waals surface area (Å²) in [5, 5.41) is 23.5. The maximum atomic E-state index is 10.9. The van der Waals surface area contributed by atoms with Crippen molar-refractivity contribution in [2.45, 2.75) is 46.5 Å². The first-order valence-corrected chi connectivity index (χ1v) is 11.2. The Hall–Kier alpha value is -3.17. The SMILES string of the molecule is Cc1cc(C(C)C)c(N=Cc2ccccn2)c(C(C)C)c1.[Ni+2].[O-]c1cc2ccccc2cc1[O-]. The Morgan fingerprint density at radius 2 is 1.26 bits per heavy atom. The number of hydrogen-bond acceptors (Lipinski definition) is 4. The van der Waals surface area contributed by atoms with E-state index in [1.54, 1.807) is 6.20 Å². The average molecular weight is 497 g/mol. The Morgan fingerprint density at radius 3 is 1.71 bits per heavy atom. The summed E-state index contributed by atoms with van der Waals surface area (Å²) in [6, 6.07) is 20.4. The molecule has 1 aromatic heterocycles. The van der Waals surface area contributed by atoms with Crippen LogP contribution in [0.3, 0.4) is 0 Å². The molecule has 0 N–H and O–H groups in total. The molecule has 34 heavy (non-hydrogen) atoms. The molecule has 4 rings (SSSR count). The molecule has 4 aromatic rings. The summed E-state index contributed by atoms with van der Waals surface area (Å²) < 4.78 is 0. The number of rotatable bonds is 4. The summed E-state index contributed by atoms with van der Waals surface area (Å²) in [5.41, 5.74) is 5.93. The molecule has 0 saturated heterocycles. The summed E-state index contributed by atoms with van der Waals surface area (Å²) in [5.74, 6) is 0.0407. The van der Waals surface area contributed by atoms with Crippen LogP contribution >= 0.6 is 0 Å². The van der Waals surface area contributed by atoms with Crippen molar-refractivity contribution in [3.05, 3.63) is 95.3 Å². The molecule has 0 amide bonds. The first-order valence-electron chi connectivity index (χ1n) is 11.2. The number of benzene rings is 3. The molecule has 0 saturated carbocycles. The van der Waals surface area contributed by atoms with E-state index in [9.17, 15) is 10.2 Å². The van der Waals surface area contributed by atoms with E-state index in [1.807, 2.05) is 48.7 Å². The van der Waals surface area contributed by atoms with Crippen molar-refractivity contribution in [3.63, 3.8) is 0 Å². The van der Waals surface area contributed by atoms with Crippen LogP contribution in [0.4, 0.5) is 5.69 Å². The summed E-state index contributed by atoms with van der Waals surface area (Å²) in [6.07, 6.45) is 3.66.